The van der Waals surface area contributed by atoms with Gasteiger partial charge in [-0.2, -0.15) is 0 Å². The highest BCUT2D eigenvalue weighted by molar-refractivity contribution is 6.03. The number of hydrogen-bond donors (Lipinski definition) is 3. The highest BCUT2D eigenvalue weighted by Gasteiger charge is 2.44. The van der Waals surface area contributed by atoms with E-state index in [1.54, 1.807) is 10.8 Å². The van der Waals surface area contributed by atoms with Gasteiger partial charge in [-0.25, -0.2) is 9.18 Å². The Balaban J connectivity index is 1.60. The van der Waals surface area contributed by atoms with Gasteiger partial charge in [-0.05, 0) is 31.4 Å². The molecule has 9 nitrogen and oxygen atoms in total. The van der Waals surface area contributed by atoms with Crippen LogP contribution in [0.2, 0.25) is 0 Å². The SMILES string of the molecule is Nc1c(F)c(NCCCc2ccccn2)c2c3c1c(=O)c(C(=O)O)cn3C1(CCOC1)CO2. The number of aryl methyl sites for hydroxylation is 1. The van der Waals surface area contributed by atoms with E-state index in [4.69, 9.17) is 15.2 Å². The van der Waals surface area contributed by atoms with Gasteiger partial charge in [0.05, 0.1) is 23.2 Å². The largest absolute Gasteiger partial charge is 0.487 e. The third-order valence-electron chi connectivity index (χ3n) is 6.32. The van der Waals surface area contributed by atoms with E-state index in [-0.39, 0.29) is 35.6 Å². The van der Waals surface area contributed by atoms with Crippen LogP contribution in [-0.2, 0) is 16.7 Å². The van der Waals surface area contributed by atoms with Gasteiger partial charge in [0.25, 0.3) is 0 Å². The van der Waals surface area contributed by atoms with E-state index in [1.807, 2.05) is 18.2 Å². The lowest BCUT2D eigenvalue weighted by atomic mass is 9.94. The first-order valence-corrected chi connectivity index (χ1v) is 10.7. The van der Waals surface area contributed by atoms with Crippen LogP contribution in [0.15, 0.2) is 35.4 Å². The standard InChI is InChI=1S/C23H23FN4O5/c24-16-17(25)15-19-21(18(16)27-8-3-5-13-4-1-2-7-26-13)33-12-23(6-9-32-11-23)28(19)10-14(20(15)29)22(30)31/h1-2,4,7,10,27H,3,5-6,8-9,11-12,25H2,(H,30,31). The molecule has 0 aliphatic carbocycles. The second-order valence-corrected chi connectivity index (χ2v) is 8.37. The number of nitrogen functional groups attached to an aromatic ring is 1. The minimum absolute atomic E-state index is 0.0611. The minimum atomic E-state index is -1.40. The second-order valence-electron chi connectivity index (χ2n) is 8.37. The number of fused-ring (bicyclic) bond motifs is 1. The summed E-state index contributed by atoms with van der Waals surface area (Å²) in [6.07, 6.45) is 4.96. The molecule has 1 spiro atoms. The van der Waals surface area contributed by atoms with Crippen LogP contribution in [0, 0.1) is 5.82 Å². The van der Waals surface area contributed by atoms with E-state index in [2.05, 4.69) is 10.3 Å². The van der Waals surface area contributed by atoms with Crippen molar-refractivity contribution >= 4 is 28.2 Å². The molecule has 2 aromatic heterocycles. The molecule has 33 heavy (non-hydrogen) atoms. The zero-order valence-corrected chi connectivity index (χ0v) is 17.8. The number of carbonyl (C=O) groups is 1. The van der Waals surface area contributed by atoms with Gasteiger partial charge in [-0.15, -0.1) is 0 Å². The van der Waals surface area contributed by atoms with Gasteiger partial charge in [0.2, 0.25) is 5.43 Å². The average molecular weight is 454 g/mol. The predicted octanol–water partition coefficient (Wildman–Crippen LogP) is 2.37. The smallest absolute Gasteiger partial charge is 0.341 e. The number of benzene rings is 1. The van der Waals surface area contributed by atoms with Crippen LogP contribution in [0.1, 0.15) is 28.9 Å². The Labute approximate surface area is 187 Å². The van der Waals surface area contributed by atoms with Gasteiger partial charge in [-0.1, -0.05) is 6.07 Å². The molecule has 1 saturated heterocycles. The zero-order chi connectivity index (χ0) is 23.2. The third-order valence-corrected chi connectivity index (χ3v) is 6.32. The summed E-state index contributed by atoms with van der Waals surface area (Å²) in [6.45, 7) is 1.32. The second kappa shape index (κ2) is 8.04. The summed E-state index contributed by atoms with van der Waals surface area (Å²) in [5.41, 5.74) is 4.94. The predicted molar refractivity (Wildman–Crippen MR) is 119 cm³/mol. The number of carboxylic acids is 1. The van der Waals surface area contributed by atoms with E-state index in [0.717, 1.165) is 5.69 Å². The van der Waals surface area contributed by atoms with Gasteiger partial charge in [0.15, 0.2) is 11.6 Å². The molecule has 1 aromatic carbocycles. The molecule has 0 saturated carbocycles. The molecular weight excluding hydrogens is 431 g/mol. The molecule has 172 valence electrons. The Kier molecular flexibility index (Phi) is 5.16. The van der Waals surface area contributed by atoms with Crippen molar-refractivity contribution in [3.8, 4) is 5.75 Å². The summed E-state index contributed by atoms with van der Waals surface area (Å²) in [7, 11) is 0. The number of carboxylic acid groups (broad SMARTS) is 1. The van der Waals surface area contributed by atoms with Gasteiger partial charge in [0.1, 0.15) is 23.4 Å². The molecule has 3 aromatic rings. The summed E-state index contributed by atoms with van der Waals surface area (Å²) < 4.78 is 28.6. The highest BCUT2D eigenvalue weighted by Crippen LogP contribution is 2.46. The zero-order valence-electron chi connectivity index (χ0n) is 17.8. The molecule has 4 N–H and O–H groups in total. The molecule has 10 heteroatoms. The normalized spacial score (nSPS) is 19.1. The Morgan fingerprint density at radius 1 is 1.36 bits per heavy atom. The van der Waals surface area contributed by atoms with Crippen LogP contribution in [0.3, 0.4) is 0 Å². The van der Waals surface area contributed by atoms with Gasteiger partial charge in [0, 0.05) is 31.2 Å². The number of aromatic nitrogens is 2. The van der Waals surface area contributed by atoms with E-state index in [0.29, 0.717) is 32.4 Å². The fraction of sp³-hybridized carbons (Fsp3) is 0.348. The summed E-state index contributed by atoms with van der Waals surface area (Å²) in [6, 6.07) is 5.67. The van der Waals surface area contributed by atoms with E-state index in [1.165, 1.54) is 6.20 Å². The molecule has 1 unspecified atom stereocenters. The van der Waals surface area contributed by atoms with Crippen LogP contribution < -0.4 is 21.2 Å². The number of anilines is 2. The molecule has 1 fully saturated rings. The number of nitrogens with zero attached hydrogens (tertiary/aromatic N) is 2. The number of halogens is 1. The van der Waals surface area contributed by atoms with Crippen LogP contribution in [0.25, 0.3) is 10.9 Å². The Morgan fingerprint density at radius 3 is 2.91 bits per heavy atom. The van der Waals surface area contributed by atoms with Crippen molar-refractivity contribution in [1.82, 2.24) is 9.55 Å². The number of nitrogens with two attached hydrogens (primary N) is 1. The Bertz CT molecular complexity index is 1300. The summed E-state index contributed by atoms with van der Waals surface area (Å²) in [4.78, 5) is 29.0. The first-order valence-electron chi connectivity index (χ1n) is 10.7. The number of nitrogens with one attached hydrogen (secondary N) is 1. The molecule has 2 aliphatic heterocycles. The third kappa shape index (κ3) is 3.37. The molecule has 0 radical (unpaired) electrons. The van der Waals surface area contributed by atoms with Crippen LogP contribution in [0.4, 0.5) is 15.8 Å². The monoisotopic (exact) mass is 454 g/mol. The lowest BCUT2D eigenvalue weighted by Crippen LogP contribution is -2.44. The quantitative estimate of drug-likeness (QED) is 0.383. The van der Waals surface area contributed by atoms with Crippen molar-refractivity contribution in [1.29, 1.82) is 0 Å². The maximum absolute atomic E-state index is 15.4. The molecular formula is C23H23FN4O5. The first-order chi connectivity index (χ1) is 15.9. The van der Waals surface area contributed by atoms with E-state index < -0.39 is 34.0 Å². The molecule has 4 heterocycles. The first kappa shape index (κ1) is 21.2. The van der Waals surface area contributed by atoms with Crippen molar-refractivity contribution in [2.24, 2.45) is 0 Å². The summed E-state index contributed by atoms with van der Waals surface area (Å²) >= 11 is 0. The minimum Gasteiger partial charge on any atom is -0.487 e. The lowest BCUT2D eigenvalue weighted by molar-refractivity contribution is 0.0690. The molecule has 1 atom stereocenters. The van der Waals surface area contributed by atoms with Crippen molar-refractivity contribution in [3.05, 3.63) is 57.9 Å². The van der Waals surface area contributed by atoms with Crippen molar-refractivity contribution in [2.45, 2.75) is 24.8 Å². The fourth-order valence-electron chi connectivity index (χ4n) is 4.58. The number of hydrogen-bond acceptors (Lipinski definition) is 7. The molecule has 5 rings (SSSR count). The summed E-state index contributed by atoms with van der Waals surface area (Å²) in [5.74, 6) is -2.08. The maximum Gasteiger partial charge on any atom is 0.341 e. The fourth-order valence-corrected chi connectivity index (χ4v) is 4.58. The number of aromatic carboxylic acids is 1. The van der Waals surface area contributed by atoms with Gasteiger partial charge >= 0.3 is 5.97 Å². The van der Waals surface area contributed by atoms with Crippen molar-refractivity contribution < 1.29 is 23.8 Å². The molecule has 2 aliphatic rings. The van der Waals surface area contributed by atoms with Crippen LogP contribution in [-0.4, -0.2) is 47.0 Å². The van der Waals surface area contributed by atoms with Crippen LogP contribution in [0.5, 0.6) is 5.75 Å². The van der Waals surface area contributed by atoms with E-state index >= 15 is 4.39 Å². The molecule has 0 bridgehead atoms. The number of rotatable bonds is 6. The van der Waals surface area contributed by atoms with Gasteiger partial charge < -0.3 is 30.2 Å². The molecule has 0 amide bonds. The van der Waals surface area contributed by atoms with Crippen LogP contribution >= 0.6 is 0 Å². The number of pyridine rings is 2. The van der Waals surface area contributed by atoms with Crippen molar-refractivity contribution in [2.75, 3.05) is 37.4 Å². The Morgan fingerprint density at radius 2 is 2.21 bits per heavy atom. The van der Waals surface area contributed by atoms with Gasteiger partial charge in [-0.3, -0.25) is 9.78 Å². The van der Waals surface area contributed by atoms with E-state index in [9.17, 15) is 14.7 Å². The topological polar surface area (TPSA) is 129 Å². The van der Waals surface area contributed by atoms with Crippen molar-refractivity contribution in [3.63, 3.8) is 0 Å². The maximum atomic E-state index is 15.4. The summed E-state index contributed by atoms with van der Waals surface area (Å²) in [5, 5.41) is 12.5. The Hall–Kier alpha value is -3.66. The average Bonchev–Trinajstić information content (AvgIpc) is 3.28. The lowest BCUT2D eigenvalue weighted by Gasteiger charge is -2.38. The highest BCUT2D eigenvalue weighted by atomic mass is 19.1. The number of ether oxygens (including phenoxy) is 2.